The van der Waals surface area contributed by atoms with Gasteiger partial charge in [0.25, 0.3) is 0 Å². The van der Waals surface area contributed by atoms with E-state index in [4.69, 9.17) is 10.5 Å². The molecule has 0 aromatic carbocycles. The molecule has 100 valence electrons. The highest BCUT2D eigenvalue weighted by Crippen LogP contribution is 2.31. The van der Waals surface area contributed by atoms with E-state index in [0.29, 0.717) is 16.9 Å². The maximum Gasteiger partial charge on any atom is 0.219 e. The van der Waals surface area contributed by atoms with Crippen molar-refractivity contribution in [3.63, 3.8) is 0 Å². The second kappa shape index (κ2) is 5.78. The normalized spacial score (nSPS) is 28.1. The van der Waals surface area contributed by atoms with E-state index in [0.717, 1.165) is 24.7 Å². The maximum atomic E-state index is 5.98. The maximum absolute atomic E-state index is 5.98. The number of thioether (sulfide) groups is 1. The Morgan fingerprint density at radius 1 is 1.22 bits per heavy atom. The van der Waals surface area contributed by atoms with Crippen molar-refractivity contribution in [1.29, 1.82) is 0 Å². The van der Waals surface area contributed by atoms with Crippen LogP contribution in [0.5, 0.6) is 5.88 Å². The lowest BCUT2D eigenvalue weighted by atomic mass is 9.82. The summed E-state index contributed by atoms with van der Waals surface area (Å²) < 4.78 is 5.98. The molecule has 18 heavy (non-hydrogen) atoms. The van der Waals surface area contributed by atoms with Crippen molar-refractivity contribution in [3.8, 4) is 5.88 Å². The van der Waals surface area contributed by atoms with Crippen molar-refractivity contribution in [2.24, 2.45) is 11.8 Å². The topological polar surface area (TPSA) is 61.0 Å². The molecular weight excluding hydrogens is 246 g/mol. The van der Waals surface area contributed by atoms with Gasteiger partial charge in [0, 0.05) is 6.07 Å². The summed E-state index contributed by atoms with van der Waals surface area (Å²) >= 11 is 1.48. The van der Waals surface area contributed by atoms with E-state index in [1.807, 2.05) is 6.26 Å². The fourth-order valence-corrected chi connectivity index (χ4v) is 3.09. The molecule has 0 spiro atoms. The summed E-state index contributed by atoms with van der Waals surface area (Å²) in [5, 5.41) is 0.668. The average molecular weight is 267 g/mol. The molecule has 1 fully saturated rings. The van der Waals surface area contributed by atoms with E-state index in [9.17, 15) is 0 Å². The van der Waals surface area contributed by atoms with Crippen LogP contribution in [0.3, 0.4) is 0 Å². The quantitative estimate of drug-likeness (QED) is 0.674. The van der Waals surface area contributed by atoms with Crippen molar-refractivity contribution >= 4 is 17.6 Å². The van der Waals surface area contributed by atoms with Crippen LogP contribution in [0.2, 0.25) is 0 Å². The molecule has 5 heteroatoms. The van der Waals surface area contributed by atoms with Gasteiger partial charge >= 0.3 is 0 Å². The van der Waals surface area contributed by atoms with Crippen LogP contribution in [0, 0.1) is 11.8 Å². The predicted molar refractivity (Wildman–Crippen MR) is 74.8 cm³/mol. The molecule has 1 aromatic heterocycles. The lowest BCUT2D eigenvalue weighted by molar-refractivity contribution is 0.0960. The molecule has 0 saturated heterocycles. The third kappa shape index (κ3) is 3.51. The number of aromatic nitrogens is 2. The third-order valence-corrected chi connectivity index (χ3v) is 3.85. The Morgan fingerprint density at radius 2 is 1.89 bits per heavy atom. The molecule has 2 unspecified atom stereocenters. The van der Waals surface area contributed by atoms with Gasteiger partial charge in [-0.2, -0.15) is 4.98 Å². The first-order chi connectivity index (χ1) is 8.56. The molecule has 1 saturated carbocycles. The molecule has 2 N–H and O–H groups in total. The Morgan fingerprint density at radius 3 is 2.50 bits per heavy atom. The zero-order valence-electron chi connectivity index (χ0n) is 11.2. The van der Waals surface area contributed by atoms with E-state index in [1.54, 1.807) is 6.07 Å². The molecule has 0 amide bonds. The monoisotopic (exact) mass is 267 g/mol. The van der Waals surface area contributed by atoms with Crippen LogP contribution < -0.4 is 10.5 Å². The molecular formula is C13H21N3OS. The largest absolute Gasteiger partial charge is 0.474 e. The van der Waals surface area contributed by atoms with Gasteiger partial charge in [0.1, 0.15) is 11.9 Å². The fraction of sp³-hybridized carbons (Fsp3) is 0.692. The molecule has 2 atom stereocenters. The van der Waals surface area contributed by atoms with Gasteiger partial charge in [-0.3, -0.25) is 0 Å². The van der Waals surface area contributed by atoms with Crippen LogP contribution in [0.4, 0.5) is 5.82 Å². The van der Waals surface area contributed by atoms with Gasteiger partial charge in [-0.25, -0.2) is 4.98 Å². The zero-order valence-corrected chi connectivity index (χ0v) is 12.0. The van der Waals surface area contributed by atoms with Crippen molar-refractivity contribution in [1.82, 2.24) is 9.97 Å². The lowest BCUT2D eigenvalue weighted by Crippen LogP contribution is -2.28. The van der Waals surface area contributed by atoms with E-state index in [1.165, 1.54) is 18.2 Å². The van der Waals surface area contributed by atoms with E-state index < -0.39 is 0 Å². The molecule has 4 nitrogen and oxygen atoms in total. The van der Waals surface area contributed by atoms with Crippen LogP contribution in [-0.2, 0) is 0 Å². The number of nitrogens with zero attached hydrogens (tertiary/aromatic N) is 2. The lowest BCUT2D eigenvalue weighted by Gasteiger charge is -2.31. The van der Waals surface area contributed by atoms with Gasteiger partial charge in [0.05, 0.1) is 0 Å². The van der Waals surface area contributed by atoms with Gasteiger partial charge in [-0.15, -0.1) is 0 Å². The van der Waals surface area contributed by atoms with Crippen molar-refractivity contribution in [2.75, 3.05) is 12.0 Å². The van der Waals surface area contributed by atoms with E-state index in [-0.39, 0.29) is 6.10 Å². The summed E-state index contributed by atoms with van der Waals surface area (Å²) in [6.07, 6.45) is 5.68. The van der Waals surface area contributed by atoms with Crippen molar-refractivity contribution in [3.05, 3.63) is 6.07 Å². The highest BCUT2D eigenvalue weighted by atomic mass is 32.2. The molecule has 0 radical (unpaired) electrons. The first-order valence-electron chi connectivity index (χ1n) is 6.42. The number of anilines is 1. The van der Waals surface area contributed by atoms with E-state index >= 15 is 0 Å². The summed E-state index contributed by atoms with van der Waals surface area (Å²) in [7, 11) is 0. The summed E-state index contributed by atoms with van der Waals surface area (Å²) in [6.45, 7) is 4.57. The molecule has 1 aliphatic rings. The van der Waals surface area contributed by atoms with Gasteiger partial charge < -0.3 is 10.5 Å². The number of ether oxygens (including phenoxy) is 1. The minimum atomic E-state index is 0.257. The Balaban J connectivity index is 2.06. The summed E-state index contributed by atoms with van der Waals surface area (Å²) in [4.78, 5) is 8.47. The fourth-order valence-electron chi connectivity index (χ4n) is 2.71. The third-order valence-electron chi connectivity index (χ3n) is 3.31. The Kier molecular flexibility index (Phi) is 4.32. The second-order valence-electron chi connectivity index (χ2n) is 5.28. The minimum absolute atomic E-state index is 0.257. The average Bonchev–Trinajstić information content (AvgIpc) is 2.26. The van der Waals surface area contributed by atoms with Crippen LogP contribution in [0.1, 0.15) is 33.1 Å². The standard InChI is InChI=1S/C13H21N3OS/c1-8-4-9(2)6-10(5-8)17-12-7-11(14)15-13(16-12)18-3/h7-10H,4-6H2,1-3H3,(H2,14,15,16). The Labute approximate surface area is 113 Å². The molecule has 1 heterocycles. The summed E-state index contributed by atoms with van der Waals surface area (Å²) in [5.41, 5.74) is 5.75. The highest BCUT2D eigenvalue weighted by Gasteiger charge is 2.25. The molecule has 0 aliphatic heterocycles. The second-order valence-corrected chi connectivity index (χ2v) is 6.05. The molecule has 0 bridgehead atoms. The van der Waals surface area contributed by atoms with Crippen LogP contribution in [-0.4, -0.2) is 22.3 Å². The number of nitrogen functional groups attached to an aromatic ring is 1. The first kappa shape index (κ1) is 13.5. The zero-order chi connectivity index (χ0) is 13.1. The predicted octanol–water partition coefficient (Wildman–Crippen LogP) is 2.98. The van der Waals surface area contributed by atoms with Crippen molar-refractivity contribution in [2.45, 2.75) is 44.4 Å². The van der Waals surface area contributed by atoms with Crippen LogP contribution in [0.25, 0.3) is 0 Å². The Hall–Kier alpha value is -0.970. The smallest absolute Gasteiger partial charge is 0.219 e. The van der Waals surface area contributed by atoms with Crippen LogP contribution in [0.15, 0.2) is 11.2 Å². The van der Waals surface area contributed by atoms with Crippen LogP contribution >= 0.6 is 11.8 Å². The Bertz CT molecular complexity index is 403. The number of hydrogen-bond donors (Lipinski definition) is 1. The van der Waals surface area contributed by atoms with Gasteiger partial charge in [-0.05, 0) is 37.4 Å². The van der Waals surface area contributed by atoms with Crippen molar-refractivity contribution < 1.29 is 4.74 Å². The summed E-state index contributed by atoms with van der Waals surface area (Å²) in [5.74, 6) is 2.52. The minimum Gasteiger partial charge on any atom is -0.474 e. The molecule has 2 rings (SSSR count). The SMILES string of the molecule is CSc1nc(N)cc(OC2CC(C)CC(C)C2)n1. The van der Waals surface area contributed by atoms with Gasteiger partial charge in [-0.1, -0.05) is 25.6 Å². The molecule has 1 aliphatic carbocycles. The first-order valence-corrected chi connectivity index (χ1v) is 7.64. The number of hydrogen-bond acceptors (Lipinski definition) is 5. The molecule has 1 aromatic rings. The van der Waals surface area contributed by atoms with Gasteiger partial charge in [0.15, 0.2) is 5.16 Å². The summed E-state index contributed by atoms with van der Waals surface area (Å²) in [6, 6.07) is 1.71. The number of rotatable bonds is 3. The van der Waals surface area contributed by atoms with E-state index in [2.05, 4.69) is 23.8 Å². The van der Waals surface area contributed by atoms with Gasteiger partial charge in [0.2, 0.25) is 5.88 Å². The number of nitrogens with two attached hydrogens (primary N) is 1. The highest BCUT2D eigenvalue weighted by molar-refractivity contribution is 7.98.